The standard InChI is InChI=1S/C22H21FN2O4S/c1-29-20-13-9-18(10-14-20)24-22(26)16-7-11-19(12-8-16)25(30(2,27)28)15-17-5-3-4-6-21(17)23/h3-14H,15H2,1-2H3,(H,24,26). The fourth-order valence-corrected chi connectivity index (χ4v) is 3.72. The van der Waals surface area contributed by atoms with Crippen LogP contribution in [0, 0.1) is 5.82 Å². The Labute approximate surface area is 175 Å². The Morgan fingerprint density at radius 3 is 2.20 bits per heavy atom. The molecule has 0 radical (unpaired) electrons. The maximum absolute atomic E-state index is 14.0. The van der Waals surface area contributed by atoms with Crippen LogP contribution < -0.4 is 14.4 Å². The summed E-state index contributed by atoms with van der Waals surface area (Å²) >= 11 is 0. The zero-order chi connectivity index (χ0) is 21.7. The van der Waals surface area contributed by atoms with Gasteiger partial charge in [-0.3, -0.25) is 9.10 Å². The normalized spacial score (nSPS) is 11.0. The molecule has 156 valence electrons. The van der Waals surface area contributed by atoms with Crippen LogP contribution in [-0.4, -0.2) is 27.7 Å². The summed E-state index contributed by atoms with van der Waals surface area (Å²) in [7, 11) is -2.11. The van der Waals surface area contributed by atoms with Crippen molar-refractivity contribution >= 4 is 27.3 Å². The minimum Gasteiger partial charge on any atom is -0.497 e. The van der Waals surface area contributed by atoms with Crippen molar-refractivity contribution in [2.75, 3.05) is 23.0 Å². The highest BCUT2D eigenvalue weighted by Crippen LogP contribution is 2.23. The summed E-state index contributed by atoms with van der Waals surface area (Å²) < 4.78 is 44.7. The molecule has 3 rings (SSSR count). The second-order valence-electron chi connectivity index (χ2n) is 6.59. The number of nitrogens with one attached hydrogen (secondary N) is 1. The van der Waals surface area contributed by atoms with Crippen LogP contribution >= 0.6 is 0 Å². The van der Waals surface area contributed by atoms with Crippen LogP contribution in [0.5, 0.6) is 5.75 Å². The number of carbonyl (C=O) groups is 1. The number of ether oxygens (including phenoxy) is 1. The second-order valence-corrected chi connectivity index (χ2v) is 8.50. The van der Waals surface area contributed by atoms with Crippen LogP contribution in [0.4, 0.5) is 15.8 Å². The first kappa shape index (κ1) is 21.3. The average Bonchev–Trinajstić information content (AvgIpc) is 2.73. The number of hydrogen-bond donors (Lipinski definition) is 1. The van der Waals surface area contributed by atoms with Crippen molar-refractivity contribution in [3.63, 3.8) is 0 Å². The van der Waals surface area contributed by atoms with Crippen molar-refractivity contribution < 1.29 is 22.3 Å². The summed E-state index contributed by atoms with van der Waals surface area (Å²) in [4.78, 5) is 12.5. The van der Waals surface area contributed by atoms with E-state index in [0.29, 0.717) is 22.7 Å². The molecule has 0 saturated heterocycles. The van der Waals surface area contributed by atoms with Gasteiger partial charge in [-0.1, -0.05) is 18.2 Å². The predicted molar refractivity (Wildman–Crippen MR) is 115 cm³/mol. The number of hydrogen-bond acceptors (Lipinski definition) is 4. The predicted octanol–water partition coefficient (Wildman–Crippen LogP) is 4.05. The van der Waals surface area contributed by atoms with Gasteiger partial charge in [-0.25, -0.2) is 12.8 Å². The lowest BCUT2D eigenvalue weighted by Gasteiger charge is -2.23. The number of carbonyl (C=O) groups excluding carboxylic acids is 1. The summed E-state index contributed by atoms with van der Waals surface area (Å²) in [6.07, 6.45) is 1.05. The third kappa shape index (κ3) is 5.15. The van der Waals surface area contributed by atoms with Crippen molar-refractivity contribution in [3.8, 4) is 5.75 Å². The molecule has 6 nitrogen and oxygen atoms in total. The number of methoxy groups -OCH3 is 1. The van der Waals surface area contributed by atoms with Gasteiger partial charge in [0.05, 0.1) is 25.6 Å². The summed E-state index contributed by atoms with van der Waals surface area (Å²) in [5, 5.41) is 2.76. The summed E-state index contributed by atoms with van der Waals surface area (Å²) in [6, 6.07) is 19.0. The number of sulfonamides is 1. The van der Waals surface area contributed by atoms with Gasteiger partial charge in [-0.15, -0.1) is 0 Å². The highest BCUT2D eigenvalue weighted by atomic mass is 32.2. The van der Waals surface area contributed by atoms with Gasteiger partial charge in [0.15, 0.2) is 0 Å². The van der Waals surface area contributed by atoms with Gasteiger partial charge in [0.2, 0.25) is 10.0 Å². The SMILES string of the molecule is COc1ccc(NC(=O)c2ccc(N(Cc3ccccc3F)S(C)(=O)=O)cc2)cc1. The van der Waals surface area contributed by atoms with Crippen molar-refractivity contribution in [2.24, 2.45) is 0 Å². The lowest BCUT2D eigenvalue weighted by Crippen LogP contribution is -2.29. The van der Waals surface area contributed by atoms with E-state index in [1.54, 1.807) is 43.5 Å². The Hall–Kier alpha value is -3.39. The molecule has 0 fully saturated rings. The highest BCUT2D eigenvalue weighted by Gasteiger charge is 2.20. The van der Waals surface area contributed by atoms with Crippen LogP contribution in [0.25, 0.3) is 0 Å². The zero-order valence-electron chi connectivity index (χ0n) is 16.5. The first-order valence-electron chi connectivity index (χ1n) is 9.04. The molecule has 0 atom stereocenters. The highest BCUT2D eigenvalue weighted by molar-refractivity contribution is 7.92. The van der Waals surface area contributed by atoms with E-state index < -0.39 is 15.8 Å². The average molecular weight is 428 g/mol. The van der Waals surface area contributed by atoms with Gasteiger partial charge in [-0.05, 0) is 54.6 Å². The Kier molecular flexibility index (Phi) is 6.37. The van der Waals surface area contributed by atoms with Crippen LogP contribution in [0.3, 0.4) is 0 Å². The molecule has 0 saturated carbocycles. The third-order valence-corrected chi connectivity index (χ3v) is 5.58. The van der Waals surface area contributed by atoms with Crippen LogP contribution in [-0.2, 0) is 16.6 Å². The molecule has 30 heavy (non-hydrogen) atoms. The minimum atomic E-state index is -3.67. The molecule has 3 aromatic carbocycles. The molecule has 0 unspecified atom stereocenters. The van der Waals surface area contributed by atoms with Crippen molar-refractivity contribution in [1.29, 1.82) is 0 Å². The molecule has 0 heterocycles. The maximum atomic E-state index is 14.0. The fourth-order valence-electron chi connectivity index (χ4n) is 2.84. The van der Waals surface area contributed by atoms with Crippen molar-refractivity contribution in [1.82, 2.24) is 0 Å². The first-order valence-corrected chi connectivity index (χ1v) is 10.9. The number of amides is 1. The number of rotatable bonds is 7. The van der Waals surface area contributed by atoms with Gasteiger partial charge in [0, 0.05) is 16.8 Å². The van der Waals surface area contributed by atoms with E-state index in [-0.39, 0.29) is 18.0 Å². The summed E-state index contributed by atoms with van der Waals surface area (Å²) in [5.41, 5.74) is 1.54. The summed E-state index contributed by atoms with van der Waals surface area (Å²) in [6.45, 7) is -0.150. The molecular formula is C22H21FN2O4S. The van der Waals surface area contributed by atoms with Crippen LogP contribution in [0.1, 0.15) is 15.9 Å². The van der Waals surface area contributed by atoms with E-state index in [9.17, 15) is 17.6 Å². The van der Waals surface area contributed by atoms with E-state index in [0.717, 1.165) is 10.6 Å². The maximum Gasteiger partial charge on any atom is 0.255 e. The Balaban J connectivity index is 1.79. The molecule has 3 aromatic rings. The van der Waals surface area contributed by atoms with E-state index >= 15 is 0 Å². The van der Waals surface area contributed by atoms with Gasteiger partial charge >= 0.3 is 0 Å². The number of benzene rings is 3. The van der Waals surface area contributed by atoms with Gasteiger partial charge in [0.1, 0.15) is 11.6 Å². The Morgan fingerprint density at radius 2 is 1.63 bits per heavy atom. The quantitative estimate of drug-likeness (QED) is 0.616. The molecule has 0 aromatic heterocycles. The first-order chi connectivity index (χ1) is 14.3. The molecular weight excluding hydrogens is 407 g/mol. The molecule has 0 aliphatic rings. The molecule has 0 aliphatic heterocycles. The largest absolute Gasteiger partial charge is 0.497 e. The Morgan fingerprint density at radius 1 is 1.00 bits per heavy atom. The zero-order valence-corrected chi connectivity index (χ0v) is 17.3. The van der Waals surface area contributed by atoms with Gasteiger partial charge in [0.25, 0.3) is 5.91 Å². The lowest BCUT2D eigenvalue weighted by molar-refractivity contribution is 0.102. The third-order valence-electron chi connectivity index (χ3n) is 4.44. The molecule has 1 N–H and O–H groups in total. The van der Waals surface area contributed by atoms with Gasteiger partial charge in [-0.2, -0.15) is 0 Å². The van der Waals surface area contributed by atoms with E-state index in [2.05, 4.69) is 5.32 Å². The van der Waals surface area contributed by atoms with Crippen molar-refractivity contribution in [3.05, 3.63) is 89.7 Å². The molecule has 0 bridgehead atoms. The second kappa shape index (κ2) is 8.96. The van der Waals surface area contributed by atoms with E-state index in [1.165, 1.54) is 36.4 Å². The van der Waals surface area contributed by atoms with Gasteiger partial charge < -0.3 is 10.1 Å². The molecule has 0 aliphatic carbocycles. The molecule has 1 amide bonds. The molecule has 8 heteroatoms. The topological polar surface area (TPSA) is 75.7 Å². The Bertz CT molecular complexity index is 1130. The van der Waals surface area contributed by atoms with Crippen LogP contribution in [0.2, 0.25) is 0 Å². The number of halogens is 1. The number of nitrogens with zero attached hydrogens (tertiary/aromatic N) is 1. The minimum absolute atomic E-state index is 0.150. The number of anilines is 2. The lowest BCUT2D eigenvalue weighted by atomic mass is 10.1. The van der Waals surface area contributed by atoms with Crippen LogP contribution in [0.15, 0.2) is 72.8 Å². The van der Waals surface area contributed by atoms with E-state index in [4.69, 9.17) is 4.74 Å². The van der Waals surface area contributed by atoms with E-state index in [1.807, 2.05) is 0 Å². The molecule has 0 spiro atoms. The smallest absolute Gasteiger partial charge is 0.255 e. The fraction of sp³-hybridized carbons (Fsp3) is 0.136. The monoisotopic (exact) mass is 428 g/mol. The summed E-state index contributed by atoms with van der Waals surface area (Å²) in [5.74, 6) is -0.151. The van der Waals surface area contributed by atoms with Crippen molar-refractivity contribution in [2.45, 2.75) is 6.54 Å².